The first-order valence-corrected chi connectivity index (χ1v) is 30.4. The molecule has 1 aromatic carbocycles. The van der Waals surface area contributed by atoms with Crippen LogP contribution in [0.3, 0.4) is 0 Å². The van der Waals surface area contributed by atoms with Crippen LogP contribution in [-0.2, 0) is 64.0 Å². The van der Waals surface area contributed by atoms with E-state index >= 15 is 0 Å². The van der Waals surface area contributed by atoms with E-state index in [-0.39, 0.29) is 38.2 Å². The molecule has 0 aromatic heterocycles. The maximum Gasteiger partial charge on any atom is 0.245 e. The molecule has 29 heteroatoms. The molecule has 2 heterocycles. The minimum atomic E-state index is -1.77. The second-order valence-electron chi connectivity index (χ2n) is 23.3. The molecule has 17 atom stereocenters. The SMILES string of the molecule is CC[C@H](C)[C@H](NC(=O)[C@@H](Cc1ccccc1)NC)C(=O)N[C@@H](CO)C(=O)N[C@H](CCC(N)=O)C(=O)N[C@@H](C(=O)N[C@H](C(=O)N[C@@H](CO)C(=O)N[C@H]1C(=O)N[C@@H](C)C(=O)N[C@@H](C[C@H]2CN=C(N)N2)C(=O)N[C@H]([C@@H](C)CC)C(=O)C[C@H]1C)[C@@H](C)CC)[C@@H](C)CC. The monoisotopic (exact) mass is 1240 g/mol. The van der Waals surface area contributed by atoms with E-state index in [9.17, 15) is 67.7 Å². The zero-order valence-corrected chi connectivity index (χ0v) is 52.6. The van der Waals surface area contributed by atoms with Gasteiger partial charge in [0.05, 0.1) is 37.9 Å². The van der Waals surface area contributed by atoms with Gasteiger partial charge >= 0.3 is 0 Å². The third-order valence-corrected chi connectivity index (χ3v) is 16.5. The van der Waals surface area contributed by atoms with Crippen LogP contribution in [0.15, 0.2) is 35.3 Å². The summed E-state index contributed by atoms with van der Waals surface area (Å²) in [6, 6.07) is -6.13. The fourth-order valence-corrected chi connectivity index (χ4v) is 9.91. The quantitative estimate of drug-likeness (QED) is 0.0331. The van der Waals surface area contributed by atoms with Crippen molar-refractivity contribution in [2.24, 2.45) is 46.0 Å². The molecule has 0 bridgehead atoms. The number of ketones is 1. The molecule has 18 N–H and O–H groups in total. The second-order valence-corrected chi connectivity index (χ2v) is 23.3. The van der Waals surface area contributed by atoms with Gasteiger partial charge in [-0.25, -0.2) is 0 Å². The average molecular weight is 1240 g/mol. The Kier molecular flexibility index (Phi) is 30.9. The van der Waals surface area contributed by atoms with Crippen LogP contribution in [0.4, 0.5) is 0 Å². The van der Waals surface area contributed by atoms with E-state index in [1.807, 2.05) is 37.3 Å². The summed E-state index contributed by atoms with van der Waals surface area (Å²) in [7, 11) is 1.60. The molecule has 3 rings (SSSR count). The predicted octanol–water partition coefficient (Wildman–Crippen LogP) is -3.60. The molecule has 0 unspecified atom stereocenters. The highest BCUT2D eigenvalue weighted by molar-refractivity contribution is 6.00. The molecule has 1 aromatic rings. The molecule has 492 valence electrons. The zero-order valence-electron chi connectivity index (χ0n) is 52.6. The minimum absolute atomic E-state index is 0.0305. The number of aliphatic hydroxyl groups is 2. The van der Waals surface area contributed by atoms with Crippen LogP contribution < -0.4 is 75.3 Å². The Labute approximate surface area is 514 Å². The van der Waals surface area contributed by atoms with E-state index < -0.39 is 199 Å². The number of rotatable bonds is 32. The summed E-state index contributed by atoms with van der Waals surface area (Å²) in [5, 5.41) is 52.8. The van der Waals surface area contributed by atoms with E-state index in [0.29, 0.717) is 19.3 Å². The Morgan fingerprint density at radius 3 is 1.58 bits per heavy atom. The summed E-state index contributed by atoms with van der Waals surface area (Å²) >= 11 is 0. The molecule has 0 radical (unpaired) electrons. The fraction of sp³-hybridized carbons (Fsp3) is 0.678. The van der Waals surface area contributed by atoms with Crippen molar-refractivity contribution in [3.05, 3.63) is 35.9 Å². The van der Waals surface area contributed by atoms with Gasteiger partial charge in [-0.3, -0.25) is 62.5 Å². The number of aliphatic imine (C=N–C) groups is 1. The van der Waals surface area contributed by atoms with Crippen LogP contribution in [-0.4, -0.2) is 186 Å². The summed E-state index contributed by atoms with van der Waals surface area (Å²) in [5.74, 6) is -13.0. The number of hydrogen-bond acceptors (Lipinski definition) is 18. The van der Waals surface area contributed by atoms with Crippen molar-refractivity contribution in [3.8, 4) is 0 Å². The lowest BCUT2D eigenvalue weighted by atomic mass is 9.87. The van der Waals surface area contributed by atoms with Crippen molar-refractivity contribution in [2.75, 3.05) is 26.8 Å². The Bertz CT molecular complexity index is 2610. The lowest BCUT2D eigenvalue weighted by Gasteiger charge is -2.31. The van der Waals surface area contributed by atoms with Gasteiger partial charge in [0.1, 0.15) is 54.4 Å². The first-order chi connectivity index (χ1) is 41.6. The molecule has 29 nitrogen and oxygen atoms in total. The van der Waals surface area contributed by atoms with Gasteiger partial charge in [-0.2, -0.15) is 0 Å². The van der Waals surface area contributed by atoms with Crippen molar-refractivity contribution in [1.29, 1.82) is 0 Å². The molecular formula is C59H97N15O14. The Hall–Kier alpha value is -7.79. The third-order valence-electron chi connectivity index (χ3n) is 16.5. The van der Waals surface area contributed by atoms with Crippen molar-refractivity contribution in [2.45, 2.75) is 200 Å². The van der Waals surface area contributed by atoms with Gasteiger partial charge in [0.2, 0.25) is 65.0 Å². The maximum absolute atomic E-state index is 14.4. The molecule has 1 saturated heterocycles. The second kappa shape index (κ2) is 36.5. The largest absolute Gasteiger partial charge is 0.394 e. The molecule has 88 heavy (non-hydrogen) atoms. The number of hydrogen-bond donors (Lipinski definition) is 16. The summed E-state index contributed by atoms with van der Waals surface area (Å²) in [6.07, 6.45) is 0.556. The number of Topliss-reactive ketones (excluding diaryl/α,β-unsaturated/α-hetero) is 1. The van der Waals surface area contributed by atoms with E-state index in [1.54, 1.807) is 55.5 Å². The highest BCUT2D eigenvalue weighted by atomic mass is 16.3. The van der Waals surface area contributed by atoms with Crippen LogP contribution >= 0.6 is 0 Å². The molecule has 0 saturated carbocycles. The zero-order chi connectivity index (χ0) is 66.1. The molecule has 0 spiro atoms. The molecule has 11 amide bonds. The van der Waals surface area contributed by atoms with Crippen molar-refractivity contribution in [1.82, 2.24) is 63.8 Å². The van der Waals surface area contributed by atoms with Crippen molar-refractivity contribution >= 4 is 76.7 Å². The number of nitrogens with zero attached hydrogens (tertiary/aromatic N) is 1. The number of primary amides is 1. The van der Waals surface area contributed by atoms with Gasteiger partial charge < -0.3 is 85.5 Å². The summed E-state index contributed by atoms with van der Waals surface area (Å²) in [5.41, 5.74) is 12.1. The van der Waals surface area contributed by atoms with Gasteiger partial charge in [0, 0.05) is 12.8 Å². The fourth-order valence-electron chi connectivity index (χ4n) is 9.91. The van der Waals surface area contributed by atoms with Gasteiger partial charge in [0.15, 0.2) is 11.7 Å². The number of carbonyl (C=O) groups is 12. The van der Waals surface area contributed by atoms with Crippen LogP contribution in [0.25, 0.3) is 0 Å². The van der Waals surface area contributed by atoms with Gasteiger partial charge in [0.25, 0.3) is 0 Å². The molecule has 2 aliphatic heterocycles. The number of amides is 11. The summed E-state index contributed by atoms with van der Waals surface area (Å²) in [4.78, 5) is 170. The van der Waals surface area contributed by atoms with Crippen LogP contribution in [0, 0.1) is 29.6 Å². The molecule has 2 aliphatic rings. The lowest BCUT2D eigenvalue weighted by Crippen LogP contribution is -2.63. The van der Waals surface area contributed by atoms with E-state index in [1.165, 1.54) is 13.8 Å². The highest BCUT2D eigenvalue weighted by Crippen LogP contribution is 2.20. The maximum atomic E-state index is 14.4. The van der Waals surface area contributed by atoms with Crippen molar-refractivity contribution in [3.63, 3.8) is 0 Å². The topological polar surface area (TPSA) is 454 Å². The van der Waals surface area contributed by atoms with Gasteiger partial charge in [-0.15, -0.1) is 0 Å². The number of carbonyl (C=O) groups excluding carboxylic acids is 12. The lowest BCUT2D eigenvalue weighted by molar-refractivity contribution is -0.138. The smallest absolute Gasteiger partial charge is 0.245 e. The molecule has 1 fully saturated rings. The number of aliphatic hydroxyl groups excluding tert-OH is 2. The van der Waals surface area contributed by atoms with E-state index in [0.717, 1.165) is 5.56 Å². The minimum Gasteiger partial charge on any atom is -0.394 e. The van der Waals surface area contributed by atoms with Crippen LogP contribution in [0.1, 0.15) is 126 Å². The number of likely N-dealkylation sites (N-methyl/N-ethyl adjacent to an activating group) is 1. The third kappa shape index (κ3) is 22.4. The predicted molar refractivity (Wildman–Crippen MR) is 325 cm³/mol. The average Bonchev–Trinajstić information content (AvgIpc) is 4.12. The number of guanidine groups is 1. The van der Waals surface area contributed by atoms with Gasteiger partial charge in [-0.05, 0) is 68.4 Å². The normalized spacial score (nSPS) is 22.8. The highest BCUT2D eigenvalue weighted by Gasteiger charge is 2.41. The van der Waals surface area contributed by atoms with E-state index in [4.69, 9.17) is 11.5 Å². The summed E-state index contributed by atoms with van der Waals surface area (Å²) in [6.45, 7) is 14.8. The Balaban J connectivity index is 1.85. The first kappa shape index (κ1) is 74.5. The van der Waals surface area contributed by atoms with Crippen molar-refractivity contribution < 1.29 is 67.7 Å². The molecule has 0 aliphatic carbocycles. The standard InChI is InChI=1S/C59H97N15O14/c1-12-29(5)44-42(77)23-33(9)48(55(85)64-34(10)49(79)67-39(52(82)70-44)25-36-26-63-59(61)65-36)73-54(84)41(28-76)69-57(87)46(31(7)14-3)74-58(88)47(32(8)15-4)71-50(80)37(21-22-43(60)78)66-53(83)40(27-75)68-56(86)45(30(6)13-2)72-51(81)38(62-11)24-35-19-17-16-18-20-35/h16-20,29-34,36-41,44-48,62,75-76H,12-15,21-28H2,1-11H3,(H2,60,78)(H,64,85)(H,66,83)(H,67,79)(H,68,86)(H,69,87)(H,70,82)(H,71,80)(H,72,81)(H,73,84)(H,74,88)(H3,61,63,65)/t29-,30-,31-,32-,33+,34-,36-,37+,38+,39-,40-,41-,44+,45-,46-,47+,48+/m0/s1. The van der Waals surface area contributed by atoms with Crippen LogP contribution in [0.5, 0.6) is 0 Å². The number of benzene rings is 1. The van der Waals surface area contributed by atoms with Gasteiger partial charge in [-0.1, -0.05) is 118 Å². The van der Waals surface area contributed by atoms with E-state index in [2.05, 4.69) is 68.8 Å². The summed E-state index contributed by atoms with van der Waals surface area (Å²) < 4.78 is 0. The Morgan fingerprint density at radius 2 is 1.10 bits per heavy atom. The number of nitrogens with two attached hydrogens (primary N) is 2. The number of nitrogens with one attached hydrogen (secondary N) is 12. The van der Waals surface area contributed by atoms with Crippen LogP contribution in [0.2, 0.25) is 0 Å². The Morgan fingerprint density at radius 1 is 0.614 bits per heavy atom. The first-order valence-electron chi connectivity index (χ1n) is 30.4. The molecular weight excluding hydrogens is 1140 g/mol.